The second-order valence-electron chi connectivity index (χ2n) is 8.03. The fraction of sp³-hybridized carbons (Fsp3) is 0.773. The van der Waals surface area contributed by atoms with Crippen molar-refractivity contribution in [1.82, 2.24) is 15.5 Å². The summed E-state index contributed by atoms with van der Waals surface area (Å²) in [7, 11) is 2.25. The first-order valence-corrected chi connectivity index (χ1v) is 12.1. The molecule has 0 aromatic carbocycles. The Morgan fingerprint density at radius 3 is 2.87 bits per heavy atom. The van der Waals surface area contributed by atoms with E-state index in [0.29, 0.717) is 18.1 Å². The van der Waals surface area contributed by atoms with E-state index < -0.39 is 0 Å². The lowest BCUT2D eigenvalue weighted by Crippen LogP contribution is -2.40. The van der Waals surface area contributed by atoms with E-state index in [2.05, 4.69) is 47.0 Å². The van der Waals surface area contributed by atoms with Crippen LogP contribution >= 0.6 is 35.3 Å². The Bertz CT molecular complexity index is 596. The lowest BCUT2D eigenvalue weighted by atomic mass is 9.88. The summed E-state index contributed by atoms with van der Waals surface area (Å²) in [6, 6.07) is 4.93. The summed E-state index contributed by atoms with van der Waals surface area (Å²) in [6.45, 7) is 8.39. The van der Waals surface area contributed by atoms with Gasteiger partial charge < -0.3 is 20.1 Å². The average molecular weight is 551 g/mol. The fourth-order valence-electron chi connectivity index (χ4n) is 4.28. The van der Waals surface area contributed by atoms with Gasteiger partial charge in [-0.1, -0.05) is 6.07 Å². The molecule has 30 heavy (non-hydrogen) atoms. The molecule has 0 bridgehead atoms. The summed E-state index contributed by atoms with van der Waals surface area (Å²) < 4.78 is 11.3. The second kappa shape index (κ2) is 14.6. The molecular formula is C22H39IN4O2S. The summed E-state index contributed by atoms with van der Waals surface area (Å²) in [5.41, 5.74) is 0. The molecular weight excluding hydrogens is 511 g/mol. The number of thiophene rings is 1. The van der Waals surface area contributed by atoms with Crippen LogP contribution in [0.4, 0.5) is 0 Å². The number of nitrogens with one attached hydrogen (secondary N) is 2. The number of hydrogen-bond donors (Lipinski definition) is 2. The lowest BCUT2D eigenvalue weighted by molar-refractivity contribution is -0.0320. The zero-order chi connectivity index (χ0) is 20.3. The second-order valence-corrected chi connectivity index (χ2v) is 9.00. The number of nitrogens with zero attached hydrogens (tertiary/aromatic N) is 2. The van der Waals surface area contributed by atoms with Gasteiger partial charge in [-0.05, 0) is 70.0 Å². The Hall–Kier alpha value is -0.420. The Kier molecular flexibility index (Phi) is 12.6. The van der Waals surface area contributed by atoms with Gasteiger partial charge in [-0.2, -0.15) is 0 Å². The fourth-order valence-corrected chi connectivity index (χ4v) is 5.27. The molecule has 2 N–H and O–H groups in total. The summed E-state index contributed by atoms with van der Waals surface area (Å²) in [4.78, 5) is 8.91. The predicted molar refractivity (Wildman–Crippen MR) is 136 cm³/mol. The molecule has 2 unspecified atom stereocenters. The Labute approximate surface area is 203 Å². The molecule has 6 nitrogen and oxygen atoms in total. The summed E-state index contributed by atoms with van der Waals surface area (Å²) in [5.74, 6) is 1.50. The highest BCUT2D eigenvalue weighted by Crippen LogP contribution is 2.37. The van der Waals surface area contributed by atoms with E-state index in [1.165, 1.54) is 24.3 Å². The quantitative estimate of drug-likeness (QED) is 0.212. The number of guanidine groups is 1. The van der Waals surface area contributed by atoms with Crippen LogP contribution in [0.25, 0.3) is 0 Å². The van der Waals surface area contributed by atoms with Crippen LogP contribution in [0, 0.1) is 5.92 Å². The third-order valence-electron chi connectivity index (χ3n) is 5.81. The number of hydrogen-bond acceptors (Lipinski definition) is 5. The highest BCUT2D eigenvalue weighted by atomic mass is 127. The van der Waals surface area contributed by atoms with Crippen LogP contribution < -0.4 is 10.6 Å². The van der Waals surface area contributed by atoms with Gasteiger partial charge in [0.1, 0.15) is 0 Å². The van der Waals surface area contributed by atoms with Gasteiger partial charge in [0.05, 0.1) is 6.10 Å². The zero-order valence-electron chi connectivity index (χ0n) is 18.5. The Balaban J connectivity index is 0.00000320. The largest absolute Gasteiger partial charge is 0.381 e. The highest BCUT2D eigenvalue weighted by molar-refractivity contribution is 14.0. The van der Waals surface area contributed by atoms with Crippen molar-refractivity contribution < 1.29 is 9.47 Å². The number of rotatable bonds is 9. The lowest BCUT2D eigenvalue weighted by Gasteiger charge is -2.38. The number of aliphatic imine (C=N–C) groups is 1. The van der Waals surface area contributed by atoms with Crippen molar-refractivity contribution in [1.29, 1.82) is 0 Å². The molecule has 8 heteroatoms. The molecule has 0 radical (unpaired) electrons. The Morgan fingerprint density at radius 2 is 2.13 bits per heavy atom. The predicted octanol–water partition coefficient (Wildman–Crippen LogP) is 3.89. The van der Waals surface area contributed by atoms with Crippen LogP contribution in [0.15, 0.2) is 22.5 Å². The third kappa shape index (κ3) is 8.26. The van der Waals surface area contributed by atoms with Gasteiger partial charge in [-0.15, -0.1) is 35.3 Å². The van der Waals surface area contributed by atoms with Crippen LogP contribution in [-0.4, -0.2) is 70.0 Å². The third-order valence-corrected chi connectivity index (χ3v) is 6.75. The maximum atomic E-state index is 5.96. The molecule has 2 fully saturated rings. The molecule has 0 saturated carbocycles. The zero-order valence-corrected chi connectivity index (χ0v) is 21.6. The number of halogens is 1. The van der Waals surface area contributed by atoms with E-state index in [1.807, 2.05) is 11.3 Å². The monoisotopic (exact) mass is 550 g/mol. The van der Waals surface area contributed by atoms with Crippen LogP contribution in [0.5, 0.6) is 0 Å². The molecule has 2 saturated heterocycles. The molecule has 0 aliphatic carbocycles. The van der Waals surface area contributed by atoms with Gasteiger partial charge in [0.15, 0.2) is 5.96 Å². The normalized spacial score (nSPS) is 23.7. The molecule has 0 spiro atoms. The number of ether oxygens (including phenoxy) is 2. The maximum Gasteiger partial charge on any atom is 0.191 e. The van der Waals surface area contributed by atoms with Crippen molar-refractivity contribution in [2.75, 3.05) is 53.0 Å². The SMILES string of the molecule is CCNC(=NCC1CCCN(C)C1c1cccs1)NCCCOC1CCOCC1.I. The van der Waals surface area contributed by atoms with Crippen molar-refractivity contribution in [2.45, 2.75) is 51.2 Å². The summed E-state index contributed by atoms with van der Waals surface area (Å²) >= 11 is 1.87. The molecule has 2 atom stereocenters. The van der Waals surface area contributed by atoms with Gasteiger partial charge in [0, 0.05) is 50.4 Å². The van der Waals surface area contributed by atoms with Gasteiger partial charge in [0.2, 0.25) is 0 Å². The minimum absolute atomic E-state index is 0. The molecule has 0 amide bonds. The molecule has 1 aromatic rings. The minimum Gasteiger partial charge on any atom is -0.381 e. The molecule has 3 rings (SSSR count). The van der Waals surface area contributed by atoms with Crippen molar-refractivity contribution in [2.24, 2.45) is 10.9 Å². The highest BCUT2D eigenvalue weighted by Gasteiger charge is 2.31. The number of piperidine rings is 1. The van der Waals surface area contributed by atoms with Crippen molar-refractivity contribution in [3.63, 3.8) is 0 Å². The first kappa shape index (κ1) is 25.8. The van der Waals surface area contributed by atoms with Gasteiger partial charge in [0.25, 0.3) is 0 Å². The molecule has 2 aliphatic heterocycles. The molecule has 1 aromatic heterocycles. The van der Waals surface area contributed by atoms with Gasteiger partial charge in [-0.3, -0.25) is 9.89 Å². The van der Waals surface area contributed by atoms with Crippen molar-refractivity contribution >= 4 is 41.3 Å². The van der Waals surface area contributed by atoms with Crippen LogP contribution in [0.2, 0.25) is 0 Å². The van der Waals surface area contributed by atoms with E-state index in [-0.39, 0.29) is 24.0 Å². The van der Waals surface area contributed by atoms with E-state index in [1.54, 1.807) is 0 Å². The van der Waals surface area contributed by atoms with E-state index in [9.17, 15) is 0 Å². The molecule has 2 aliphatic rings. The summed E-state index contributed by atoms with van der Waals surface area (Å²) in [6.07, 6.45) is 5.92. The standard InChI is InChI=1S/C22H38N4O2S.HI/c1-3-23-22(24-11-6-13-28-19-9-14-27-15-10-19)25-17-18-7-4-12-26(2)21(18)20-8-5-16-29-20;/h5,8,16,18-19,21H,3-4,6-7,9-15,17H2,1-2H3,(H2,23,24,25);1H. The van der Waals surface area contributed by atoms with Crippen molar-refractivity contribution in [3.8, 4) is 0 Å². The minimum atomic E-state index is 0. The maximum absolute atomic E-state index is 5.96. The van der Waals surface area contributed by atoms with Crippen LogP contribution in [0.3, 0.4) is 0 Å². The first-order valence-electron chi connectivity index (χ1n) is 11.2. The smallest absolute Gasteiger partial charge is 0.191 e. The topological polar surface area (TPSA) is 58.1 Å². The van der Waals surface area contributed by atoms with Crippen molar-refractivity contribution in [3.05, 3.63) is 22.4 Å². The van der Waals surface area contributed by atoms with E-state index in [4.69, 9.17) is 14.5 Å². The van der Waals surface area contributed by atoms with Gasteiger partial charge in [-0.25, -0.2) is 0 Å². The molecule has 172 valence electrons. The Morgan fingerprint density at radius 1 is 1.30 bits per heavy atom. The van der Waals surface area contributed by atoms with E-state index >= 15 is 0 Å². The van der Waals surface area contributed by atoms with E-state index in [0.717, 1.165) is 64.7 Å². The van der Waals surface area contributed by atoms with Crippen LogP contribution in [-0.2, 0) is 9.47 Å². The number of likely N-dealkylation sites (tertiary alicyclic amines) is 1. The van der Waals surface area contributed by atoms with Crippen LogP contribution in [0.1, 0.15) is 49.9 Å². The first-order chi connectivity index (χ1) is 14.3. The van der Waals surface area contributed by atoms with Gasteiger partial charge >= 0.3 is 0 Å². The molecule has 3 heterocycles. The average Bonchev–Trinajstić information content (AvgIpc) is 3.27. The summed E-state index contributed by atoms with van der Waals surface area (Å²) in [5, 5.41) is 9.06.